The van der Waals surface area contributed by atoms with Crippen molar-refractivity contribution in [2.45, 2.75) is 264 Å². The van der Waals surface area contributed by atoms with Gasteiger partial charge >= 0.3 is 11.9 Å². The van der Waals surface area contributed by atoms with Gasteiger partial charge in [0.25, 0.3) is 0 Å². The SMILES string of the molecule is CC/C=C\C/C=C\C/C=C\C/C=C\C/C=C\C/C=C\C/C=C\C/C=C\C/C=C\CCCCCCCCCC(=O)OC(COC(=O)CCCCCCCCCCCCCCCCCCCC)COC(OCC[N+](C)(C)C)C(=O)[O-]. The maximum absolute atomic E-state index is 12.9. The molecule has 0 radical (unpaired) electrons. The van der Waals surface area contributed by atoms with Crippen molar-refractivity contribution in [3.8, 4) is 0 Å². The Balaban J connectivity index is 4.23. The molecule has 446 valence electrons. The molecule has 0 fully saturated rings. The van der Waals surface area contributed by atoms with Crippen LogP contribution in [0.3, 0.4) is 0 Å². The van der Waals surface area contributed by atoms with E-state index in [1.807, 2.05) is 21.1 Å². The molecule has 2 unspecified atom stereocenters. The number of likely N-dealkylation sites (N-methyl/N-ethyl adjacent to an activating group) is 1. The lowest BCUT2D eigenvalue weighted by atomic mass is 10.0. The van der Waals surface area contributed by atoms with Crippen molar-refractivity contribution in [3.63, 3.8) is 0 Å². The molecule has 0 saturated carbocycles. The van der Waals surface area contributed by atoms with E-state index in [2.05, 4.69) is 123 Å². The highest BCUT2D eigenvalue weighted by molar-refractivity contribution is 5.70. The summed E-state index contributed by atoms with van der Waals surface area (Å²) in [6, 6.07) is 0. The highest BCUT2D eigenvalue weighted by Crippen LogP contribution is 2.16. The van der Waals surface area contributed by atoms with Gasteiger partial charge in [0, 0.05) is 12.8 Å². The largest absolute Gasteiger partial charge is 0.545 e. The molecular formula is C69H117NO8. The van der Waals surface area contributed by atoms with Gasteiger partial charge in [-0.3, -0.25) is 9.59 Å². The van der Waals surface area contributed by atoms with Crippen LogP contribution in [0, 0.1) is 0 Å². The molecule has 0 saturated heterocycles. The quantitative estimate of drug-likeness (QED) is 0.0195. The molecule has 0 spiro atoms. The van der Waals surface area contributed by atoms with Crippen LogP contribution < -0.4 is 5.11 Å². The third kappa shape index (κ3) is 59.6. The molecule has 0 aromatic carbocycles. The predicted octanol–water partition coefficient (Wildman–Crippen LogP) is 17.7. The number of carbonyl (C=O) groups is 3. The minimum Gasteiger partial charge on any atom is -0.545 e. The average Bonchev–Trinajstić information content (AvgIpc) is 3.41. The standard InChI is InChI=1S/C69H117NO8/c1-6-8-10-12-14-16-18-20-22-24-26-27-28-29-30-31-32-33-34-35-36-37-38-39-40-41-42-44-46-48-50-52-54-56-58-60-67(72)78-65(64-77-69(68(73)74)75-62-61-70(3,4)5)63-76-66(71)59-57-55-53-51-49-47-45-43-25-23-21-19-17-15-13-11-9-7-2/h8,10,14,16,20,22,26-27,29-30,32-33,35-36,38-39,41-42,65,69H,6-7,9,11-13,15,17-19,21,23-25,28,31,34,37,40,43-64H2,1-5H3/b10-8-,16-14-,22-20-,27-26-,30-29-,33-32-,36-35-,39-38-,42-41-. The number of carboxylic acid groups (broad SMARTS) is 1. The Kier molecular flexibility index (Phi) is 56.0. The fourth-order valence-electron chi connectivity index (χ4n) is 8.47. The van der Waals surface area contributed by atoms with Crippen molar-refractivity contribution in [3.05, 3.63) is 109 Å². The van der Waals surface area contributed by atoms with Crippen LogP contribution in [-0.4, -0.2) is 82.3 Å². The zero-order valence-corrected chi connectivity index (χ0v) is 50.8. The van der Waals surface area contributed by atoms with Crippen LogP contribution >= 0.6 is 0 Å². The number of hydrogen-bond donors (Lipinski definition) is 0. The minimum atomic E-state index is -1.63. The summed E-state index contributed by atoms with van der Waals surface area (Å²) < 4.78 is 22.7. The Morgan fingerprint density at radius 3 is 1.09 bits per heavy atom. The predicted molar refractivity (Wildman–Crippen MR) is 329 cm³/mol. The summed E-state index contributed by atoms with van der Waals surface area (Å²) in [5.41, 5.74) is 0. The zero-order chi connectivity index (χ0) is 56.9. The topological polar surface area (TPSA) is 111 Å². The smallest absolute Gasteiger partial charge is 0.306 e. The van der Waals surface area contributed by atoms with Crippen LogP contribution in [0.1, 0.15) is 251 Å². The van der Waals surface area contributed by atoms with E-state index in [-0.39, 0.29) is 38.6 Å². The monoisotopic (exact) mass is 1090 g/mol. The lowest BCUT2D eigenvalue weighted by molar-refractivity contribution is -0.870. The Labute approximate surface area is 479 Å². The first-order valence-corrected chi connectivity index (χ1v) is 31.5. The molecule has 78 heavy (non-hydrogen) atoms. The number of aliphatic carboxylic acids is 1. The van der Waals surface area contributed by atoms with Crippen LogP contribution in [0.25, 0.3) is 0 Å². The number of carboxylic acids is 1. The van der Waals surface area contributed by atoms with E-state index in [4.69, 9.17) is 18.9 Å². The molecule has 0 rings (SSSR count). The Bertz CT molecular complexity index is 1640. The van der Waals surface area contributed by atoms with Gasteiger partial charge in [0.1, 0.15) is 13.2 Å². The Morgan fingerprint density at radius 2 is 0.731 bits per heavy atom. The van der Waals surface area contributed by atoms with Gasteiger partial charge in [0.05, 0.1) is 40.3 Å². The first-order chi connectivity index (χ1) is 38.1. The van der Waals surface area contributed by atoms with Crippen molar-refractivity contribution in [1.29, 1.82) is 0 Å². The number of allylic oxidation sites excluding steroid dienone is 18. The molecule has 0 aromatic heterocycles. The van der Waals surface area contributed by atoms with Gasteiger partial charge in [-0.2, -0.15) is 0 Å². The van der Waals surface area contributed by atoms with Gasteiger partial charge in [-0.25, -0.2) is 0 Å². The number of hydrogen-bond acceptors (Lipinski definition) is 8. The van der Waals surface area contributed by atoms with Gasteiger partial charge in [-0.1, -0.05) is 264 Å². The Morgan fingerprint density at radius 1 is 0.397 bits per heavy atom. The zero-order valence-electron chi connectivity index (χ0n) is 50.8. The molecule has 2 atom stereocenters. The van der Waals surface area contributed by atoms with Crippen molar-refractivity contribution < 1.29 is 42.9 Å². The summed E-state index contributed by atoms with van der Waals surface area (Å²) in [6.45, 7) is 4.63. The van der Waals surface area contributed by atoms with E-state index in [1.54, 1.807) is 0 Å². The van der Waals surface area contributed by atoms with E-state index in [9.17, 15) is 19.5 Å². The fraction of sp³-hybridized carbons (Fsp3) is 0.696. The van der Waals surface area contributed by atoms with E-state index < -0.39 is 24.3 Å². The fourth-order valence-corrected chi connectivity index (χ4v) is 8.47. The molecule has 0 heterocycles. The van der Waals surface area contributed by atoms with Crippen LogP contribution in [0.15, 0.2) is 109 Å². The second kappa shape index (κ2) is 59.1. The maximum atomic E-state index is 12.9. The van der Waals surface area contributed by atoms with Crippen LogP contribution in [0.5, 0.6) is 0 Å². The number of unbranched alkanes of at least 4 members (excludes halogenated alkanes) is 24. The van der Waals surface area contributed by atoms with Crippen molar-refractivity contribution >= 4 is 17.9 Å². The summed E-state index contributed by atoms with van der Waals surface area (Å²) in [7, 11) is 5.92. The summed E-state index contributed by atoms with van der Waals surface area (Å²) >= 11 is 0. The summed E-state index contributed by atoms with van der Waals surface area (Å²) in [5.74, 6) is -2.30. The second-order valence-electron chi connectivity index (χ2n) is 22.0. The molecule has 0 bridgehead atoms. The lowest BCUT2D eigenvalue weighted by Gasteiger charge is -2.26. The Hall–Kier alpha value is -4.05. The number of rotatable bonds is 57. The average molecular weight is 1090 g/mol. The second-order valence-corrected chi connectivity index (χ2v) is 22.0. The molecule has 0 aliphatic heterocycles. The number of nitrogens with zero attached hydrogens (tertiary/aromatic N) is 1. The summed E-state index contributed by atoms with van der Waals surface area (Å²) in [5, 5.41) is 11.8. The van der Waals surface area contributed by atoms with Crippen LogP contribution in [0.4, 0.5) is 0 Å². The summed E-state index contributed by atoms with van der Waals surface area (Å²) in [4.78, 5) is 37.3. The number of quaternary nitrogens is 1. The molecular weight excluding hydrogens is 971 g/mol. The lowest BCUT2D eigenvalue weighted by Crippen LogP contribution is -2.44. The third-order valence-electron chi connectivity index (χ3n) is 13.3. The number of carbonyl (C=O) groups excluding carboxylic acids is 3. The highest BCUT2D eigenvalue weighted by atomic mass is 16.7. The van der Waals surface area contributed by atoms with Crippen LogP contribution in [-0.2, 0) is 33.3 Å². The van der Waals surface area contributed by atoms with E-state index in [0.717, 1.165) is 103 Å². The normalized spacial score (nSPS) is 13.5. The molecule has 9 heteroatoms. The molecule has 0 amide bonds. The highest BCUT2D eigenvalue weighted by Gasteiger charge is 2.22. The van der Waals surface area contributed by atoms with E-state index in [0.29, 0.717) is 17.4 Å². The van der Waals surface area contributed by atoms with Gasteiger partial charge in [0.2, 0.25) is 0 Å². The van der Waals surface area contributed by atoms with Crippen molar-refractivity contribution in [2.75, 3.05) is 47.5 Å². The third-order valence-corrected chi connectivity index (χ3v) is 13.3. The minimum absolute atomic E-state index is 0.142. The van der Waals surface area contributed by atoms with E-state index in [1.165, 1.54) is 116 Å². The van der Waals surface area contributed by atoms with E-state index >= 15 is 0 Å². The summed E-state index contributed by atoms with van der Waals surface area (Å²) in [6.07, 6.45) is 78.6. The van der Waals surface area contributed by atoms with Gasteiger partial charge in [-0.15, -0.1) is 0 Å². The van der Waals surface area contributed by atoms with Crippen molar-refractivity contribution in [2.24, 2.45) is 0 Å². The molecule has 0 N–H and O–H groups in total. The van der Waals surface area contributed by atoms with Crippen molar-refractivity contribution in [1.82, 2.24) is 0 Å². The first kappa shape index (κ1) is 74.0. The molecule has 0 aromatic rings. The number of esters is 2. The molecule has 9 nitrogen and oxygen atoms in total. The maximum Gasteiger partial charge on any atom is 0.306 e. The molecule has 0 aliphatic carbocycles. The first-order valence-electron chi connectivity index (χ1n) is 31.5. The number of ether oxygens (including phenoxy) is 4. The molecule has 0 aliphatic rings. The van der Waals surface area contributed by atoms with Gasteiger partial charge < -0.3 is 33.3 Å². The van der Waals surface area contributed by atoms with Gasteiger partial charge in [0.15, 0.2) is 12.4 Å². The van der Waals surface area contributed by atoms with Gasteiger partial charge in [-0.05, 0) is 83.5 Å². The van der Waals surface area contributed by atoms with Crippen LogP contribution in [0.2, 0.25) is 0 Å².